The first-order chi connectivity index (χ1) is 5.92. The van der Waals surface area contributed by atoms with Gasteiger partial charge in [0.2, 0.25) is 0 Å². The summed E-state index contributed by atoms with van der Waals surface area (Å²) < 4.78 is 0. The molecular formula is C10H14N2. The quantitative estimate of drug-likeness (QED) is 0.732. The van der Waals surface area contributed by atoms with Gasteiger partial charge in [0.15, 0.2) is 0 Å². The lowest BCUT2D eigenvalue weighted by atomic mass is 10.0. The van der Waals surface area contributed by atoms with Crippen LogP contribution in [0.2, 0.25) is 0 Å². The van der Waals surface area contributed by atoms with Gasteiger partial charge in [-0.25, -0.2) is 0 Å². The van der Waals surface area contributed by atoms with E-state index in [1.807, 2.05) is 19.4 Å². The minimum absolute atomic E-state index is 0.549. The van der Waals surface area contributed by atoms with Gasteiger partial charge in [0.05, 0.1) is 0 Å². The maximum atomic E-state index is 4.01. The van der Waals surface area contributed by atoms with E-state index in [0.717, 1.165) is 5.92 Å². The van der Waals surface area contributed by atoms with Crippen LogP contribution in [0.3, 0.4) is 0 Å². The van der Waals surface area contributed by atoms with E-state index in [0.29, 0.717) is 6.04 Å². The molecule has 0 amide bonds. The fourth-order valence-electron chi connectivity index (χ4n) is 1.67. The molecule has 1 aromatic heterocycles. The number of pyridine rings is 1. The van der Waals surface area contributed by atoms with Crippen molar-refractivity contribution in [3.05, 3.63) is 30.1 Å². The molecule has 0 bridgehead atoms. The van der Waals surface area contributed by atoms with Crippen molar-refractivity contribution in [1.82, 2.24) is 10.3 Å². The Kier molecular flexibility index (Phi) is 2.09. The summed E-state index contributed by atoms with van der Waals surface area (Å²) in [5.74, 6) is 0.859. The van der Waals surface area contributed by atoms with Crippen molar-refractivity contribution in [2.75, 3.05) is 7.05 Å². The molecule has 0 aliphatic heterocycles. The molecule has 1 heterocycles. The first kappa shape index (κ1) is 7.74. The molecule has 1 unspecified atom stereocenters. The molecule has 0 saturated heterocycles. The molecule has 0 spiro atoms. The summed E-state index contributed by atoms with van der Waals surface area (Å²) in [7, 11) is 2.03. The number of aromatic nitrogens is 1. The summed E-state index contributed by atoms with van der Waals surface area (Å²) in [6, 6.07) is 4.74. The van der Waals surface area contributed by atoms with Crippen molar-refractivity contribution >= 4 is 0 Å². The largest absolute Gasteiger partial charge is 0.313 e. The highest BCUT2D eigenvalue weighted by Gasteiger charge is 2.30. The van der Waals surface area contributed by atoms with Crippen molar-refractivity contribution in [3.63, 3.8) is 0 Å². The molecule has 0 radical (unpaired) electrons. The Bertz CT molecular complexity index is 241. The molecule has 1 aliphatic rings. The zero-order chi connectivity index (χ0) is 8.39. The summed E-state index contributed by atoms with van der Waals surface area (Å²) in [6.07, 6.45) is 6.46. The highest BCUT2D eigenvalue weighted by atomic mass is 14.9. The molecule has 1 fully saturated rings. The van der Waals surface area contributed by atoms with E-state index in [4.69, 9.17) is 0 Å². The summed E-state index contributed by atoms with van der Waals surface area (Å²) >= 11 is 0. The highest BCUT2D eigenvalue weighted by molar-refractivity contribution is 5.17. The highest BCUT2D eigenvalue weighted by Crippen LogP contribution is 2.40. The zero-order valence-electron chi connectivity index (χ0n) is 7.33. The SMILES string of the molecule is CNC(c1ccncc1)C1CC1. The summed E-state index contributed by atoms with van der Waals surface area (Å²) in [5, 5.41) is 3.35. The summed E-state index contributed by atoms with van der Waals surface area (Å²) in [6.45, 7) is 0. The topological polar surface area (TPSA) is 24.9 Å². The van der Waals surface area contributed by atoms with Gasteiger partial charge in [-0.15, -0.1) is 0 Å². The summed E-state index contributed by atoms with van der Waals surface area (Å²) in [4.78, 5) is 4.01. The monoisotopic (exact) mass is 162 g/mol. The Hall–Kier alpha value is -0.890. The second kappa shape index (κ2) is 3.23. The van der Waals surface area contributed by atoms with Gasteiger partial charge in [-0.05, 0) is 43.5 Å². The van der Waals surface area contributed by atoms with Gasteiger partial charge in [-0.1, -0.05) is 0 Å². The number of hydrogen-bond donors (Lipinski definition) is 1. The number of hydrogen-bond acceptors (Lipinski definition) is 2. The van der Waals surface area contributed by atoms with Gasteiger partial charge in [0.25, 0.3) is 0 Å². The summed E-state index contributed by atoms with van der Waals surface area (Å²) in [5.41, 5.74) is 1.37. The first-order valence-electron chi connectivity index (χ1n) is 4.49. The van der Waals surface area contributed by atoms with Gasteiger partial charge in [-0.2, -0.15) is 0 Å². The number of nitrogens with zero attached hydrogens (tertiary/aromatic N) is 1. The normalized spacial score (nSPS) is 19.1. The Morgan fingerprint density at radius 2 is 2.08 bits per heavy atom. The van der Waals surface area contributed by atoms with Crippen LogP contribution in [0.4, 0.5) is 0 Å². The van der Waals surface area contributed by atoms with Gasteiger partial charge in [0.1, 0.15) is 0 Å². The zero-order valence-corrected chi connectivity index (χ0v) is 7.33. The lowest BCUT2D eigenvalue weighted by Crippen LogP contribution is -2.18. The first-order valence-corrected chi connectivity index (χ1v) is 4.49. The van der Waals surface area contributed by atoms with E-state index >= 15 is 0 Å². The molecule has 0 aromatic carbocycles. The van der Waals surface area contributed by atoms with Crippen LogP contribution in [0.1, 0.15) is 24.4 Å². The lowest BCUT2D eigenvalue weighted by Gasteiger charge is -2.14. The molecule has 2 rings (SSSR count). The molecule has 1 saturated carbocycles. The Labute approximate surface area is 73.0 Å². The van der Waals surface area contributed by atoms with Crippen LogP contribution in [0.25, 0.3) is 0 Å². The lowest BCUT2D eigenvalue weighted by molar-refractivity contribution is 0.528. The smallest absolute Gasteiger partial charge is 0.0347 e. The molecule has 64 valence electrons. The van der Waals surface area contributed by atoms with Crippen LogP contribution < -0.4 is 5.32 Å². The second-order valence-electron chi connectivity index (χ2n) is 3.38. The fourth-order valence-corrected chi connectivity index (χ4v) is 1.67. The number of rotatable bonds is 3. The third kappa shape index (κ3) is 1.48. The van der Waals surface area contributed by atoms with Crippen LogP contribution in [-0.2, 0) is 0 Å². The number of nitrogens with one attached hydrogen (secondary N) is 1. The maximum Gasteiger partial charge on any atom is 0.0347 e. The Balaban J connectivity index is 2.15. The average Bonchev–Trinajstić information content (AvgIpc) is 2.92. The predicted octanol–water partition coefficient (Wildman–Crippen LogP) is 1.75. The van der Waals surface area contributed by atoms with Gasteiger partial charge in [0, 0.05) is 18.4 Å². The molecule has 1 N–H and O–H groups in total. The average molecular weight is 162 g/mol. The standard InChI is InChI=1S/C10H14N2/c1-11-10(8-2-3-8)9-4-6-12-7-5-9/h4-8,10-11H,2-3H2,1H3. The van der Waals surface area contributed by atoms with E-state index in [1.54, 1.807) is 0 Å². The van der Waals surface area contributed by atoms with Crippen LogP contribution in [0, 0.1) is 5.92 Å². The van der Waals surface area contributed by atoms with E-state index in [-0.39, 0.29) is 0 Å². The second-order valence-corrected chi connectivity index (χ2v) is 3.38. The van der Waals surface area contributed by atoms with Crippen molar-refractivity contribution < 1.29 is 0 Å². The molecule has 1 aliphatic carbocycles. The van der Waals surface area contributed by atoms with Crippen molar-refractivity contribution in [2.24, 2.45) is 5.92 Å². The van der Waals surface area contributed by atoms with Crippen LogP contribution in [0.15, 0.2) is 24.5 Å². The fraction of sp³-hybridized carbons (Fsp3) is 0.500. The molecule has 1 aromatic rings. The molecule has 2 nitrogen and oxygen atoms in total. The van der Waals surface area contributed by atoms with Crippen molar-refractivity contribution in [1.29, 1.82) is 0 Å². The van der Waals surface area contributed by atoms with E-state index < -0.39 is 0 Å². The third-order valence-corrected chi connectivity index (χ3v) is 2.47. The van der Waals surface area contributed by atoms with Gasteiger partial charge < -0.3 is 5.32 Å². The van der Waals surface area contributed by atoms with Crippen molar-refractivity contribution in [3.8, 4) is 0 Å². The molecule has 12 heavy (non-hydrogen) atoms. The van der Waals surface area contributed by atoms with E-state index in [1.165, 1.54) is 18.4 Å². The Morgan fingerprint density at radius 3 is 2.58 bits per heavy atom. The predicted molar refractivity (Wildman–Crippen MR) is 48.8 cm³/mol. The van der Waals surface area contributed by atoms with E-state index in [2.05, 4.69) is 22.4 Å². The van der Waals surface area contributed by atoms with Gasteiger partial charge in [-0.3, -0.25) is 4.98 Å². The minimum Gasteiger partial charge on any atom is -0.313 e. The molecular weight excluding hydrogens is 148 g/mol. The Morgan fingerprint density at radius 1 is 1.42 bits per heavy atom. The van der Waals surface area contributed by atoms with Crippen LogP contribution in [0.5, 0.6) is 0 Å². The third-order valence-electron chi connectivity index (χ3n) is 2.47. The maximum absolute atomic E-state index is 4.01. The molecule has 2 heteroatoms. The molecule has 1 atom stereocenters. The minimum atomic E-state index is 0.549. The van der Waals surface area contributed by atoms with Crippen molar-refractivity contribution in [2.45, 2.75) is 18.9 Å². The van der Waals surface area contributed by atoms with Crippen LogP contribution >= 0.6 is 0 Å². The van der Waals surface area contributed by atoms with Crippen LogP contribution in [-0.4, -0.2) is 12.0 Å². The van der Waals surface area contributed by atoms with E-state index in [9.17, 15) is 0 Å². The van der Waals surface area contributed by atoms with Gasteiger partial charge >= 0.3 is 0 Å².